The lowest BCUT2D eigenvalue weighted by atomic mass is 10.1. The lowest BCUT2D eigenvalue weighted by Crippen LogP contribution is -2.20. The van der Waals surface area contributed by atoms with E-state index in [1.807, 2.05) is 92.7 Å². The molecule has 1 aromatic heterocycles. The zero-order valence-corrected chi connectivity index (χ0v) is 17.5. The highest BCUT2D eigenvalue weighted by atomic mass is 32.2. The second-order valence-corrected chi connectivity index (χ2v) is 8.00. The van der Waals surface area contributed by atoms with Crippen LogP contribution < -0.4 is 5.32 Å². The summed E-state index contributed by atoms with van der Waals surface area (Å²) in [4.78, 5) is 13.3. The minimum atomic E-state index is -0.514. The summed E-state index contributed by atoms with van der Waals surface area (Å²) in [7, 11) is 0. The van der Waals surface area contributed by atoms with Gasteiger partial charge in [-0.05, 0) is 59.2 Å². The summed E-state index contributed by atoms with van der Waals surface area (Å²) in [6, 6.07) is 25.3. The van der Waals surface area contributed by atoms with Gasteiger partial charge in [0, 0.05) is 5.69 Å². The molecule has 1 N–H and O–H groups in total. The number of aromatic nitrogens is 4. The fourth-order valence-electron chi connectivity index (χ4n) is 3.06. The van der Waals surface area contributed by atoms with Crippen LogP contribution in [0.4, 0.5) is 5.69 Å². The van der Waals surface area contributed by atoms with Gasteiger partial charge in [-0.25, -0.2) is 0 Å². The molecule has 0 saturated heterocycles. The minimum Gasteiger partial charge on any atom is -0.325 e. The molecular weight excluding hydrogens is 394 g/mol. The highest BCUT2D eigenvalue weighted by Gasteiger charge is 2.26. The molecular formula is C23H21N5OS. The molecule has 1 atom stereocenters. The van der Waals surface area contributed by atoms with E-state index in [2.05, 4.69) is 20.8 Å². The molecule has 0 spiro atoms. The molecule has 0 bridgehead atoms. The average Bonchev–Trinajstić information content (AvgIpc) is 3.24. The summed E-state index contributed by atoms with van der Waals surface area (Å²) in [6.07, 6.45) is 0. The maximum absolute atomic E-state index is 13.3. The van der Waals surface area contributed by atoms with E-state index >= 15 is 0 Å². The Labute approximate surface area is 179 Å². The van der Waals surface area contributed by atoms with Crippen molar-refractivity contribution >= 4 is 23.4 Å². The van der Waals surface area contributed by atoms with Gasteiger partial charge in [-0.2, -0.15) is 4.68 Å². The van der Waals surface area contributed by atoms with Crippen LogP contribution in [-0.2, 0) is 4.79 Å². The van der Waals surface area contributed by atoms with Crippen LogP contribution in [0.2, 0.25) is 0 Å². The maximum Gasteiger partial charge on any atom is 0.242 e. The van der Waals surface area contributed by atoms with Gasteiger partial charge in [0.25, 0.3) is 0 Å². The number of thioether (sulfide) groups is 1. The zero-order valence-electron chi connectivity index (χ0n) is 16.7. The largest absolute Gasteiger partial charge is 0.325 e. The number of carbonyl (C=O) groups excluding carboxylic acids is 1. The van der Waals surface area contributed by atoms with Gasteiger partial charge in [0.05, 0.1) is 5.69 Å². The molecule has 1 amide bonds. The Hall–Kier alpha value is -3.45. The smallest absolute Gasteiger partial charge is 0.242 e. The van der Waals surface area contributed by atoms with E-state index in [9.17, 15) is 4.79 Å². The number of nitrogens with one attached hydrogen (secondary N) is 1. The normalized spacial score (nSPS) is 11.8. The Balaban J connectivity index is 1.66. The number of aryl methyl sites for hydroxylation is 2. The first-order valence-electron chi connectivity index (χ1n) is 9.55. The third kappa shape index (κ3) is 4.41. The molecule has 0 radical (unpaired) electrons. The SMILES string of the molecule is Cc1ccc(C)c(NC(=O)[C@@H](Sc2nnnn2-c2ccccc2)c2ccccc2)c1. The maximum atomic E-state index is 13.3. The van der Waals surface area contributed by atoms with Crippen LogP contribution in [0.15, 0.2) is 84.0 Å². The predicted molar refractivity (Wildman–Crippen MR) is 119 cm³/mol. The van der Waals surface area contributed by atoms with Gasteiger partial charge in [-0.1, -0.05) is 72.4 Å². The van der Waals surface area contributed by atoms with Crippen molar-refractivity contribution in [1.29, 1.82) is 0 Å². The number of amides is 1. The van der Waals surface area contributed by atoms with Gasteiger partial charge < -0.3 is 5.32 Å². The Morgan fingerprint density at radius 1 is 0.967 bits per heavy atom. The number of anilines is 1. The van der Waals surface area contributed by atoms with E-state index in [-0.39, 0.29) is 5.91 Å². The number of tetrazole rings is 1. The number of hydrogen-bond acceptors (Lipinski definition) is 5. The van der Waals surface area contributed by atoms with Crippen LogP contribution >= 0.6 is 11.8 Å². The Bertz CT molecular complexity index is 1140. The number of hydrogen-bond donors (Lipinski definition) is 1. The van der Waals surface area contributed by atoms with Crippen molar-refractivity contribution in [1.82, 2.24) is 20.2 Å². The van der Waals surface area contributed by atoms with E-state index in [1.54, 1.807) is 4.68 Å². The van der Waals surface area contributed by atoms with Crippen LogP contribution in [0.3, 0.4) is 0 Å². The van der Waals surface area contributed by atoms with E-state index in [0.717, 1.165) is 28.1 Å². The van der Waals surface area contributed by atoms with Crippen LogP contribution in [0.25, 0.3) is 5.69 Å². The molecule has 0 fully saturated rings. The number of nitrogens with zero attached hydrogens (tertiary/aromatic N) is 4. The topological polar surface area (TPSA) is 72.7 Å². The summed E-state index contributed by atoms with van der Waals surface area (Å²) < 4.78 is 1.64. The molecule has 30 heavy (non-hydrogen) atoms. The van der Waals surface area contributed by atoms with Crippen molar-refractivity contribution in [3.63, 3.8) is 0 Å². The lowest BCUT2D eigenvalue weighted by molar-refractivity contribution is -0.115. The number of carbonyl (C=O) groups is 1. The van der Waals surface area contributed by atoms with Gasteiger partial charge >= 0.3 is 0 Å². The van der Waals surface area contributed by atoms with Crippen LogP contribution in [0.1, 0.15) is 21.9 Å². The van der Waals surface area contributed by atoms with Gasteiger partial charge in [0.1, 0.15) is 5.25 Å². The first-order valence-corrected chi connectivity index (χ1v) is 10.4. The van der Waals surface area contributed by atoms with Crippen molar-refractivity contribution in [2.24, 2.45) is 0 Å². The average molecular weight is 416 g/mol. The molecule has 6 nitrogen and oxygen atoms in total. The molecule has 1 heterocycles. The summed E-state index contributed by atoms with van der Waals surface area (Å²) in [6.45, 7) is 3.99. The van der Waals surface area contributed by atoms with E-state index in [0.29, 0.717) is 5.16 Å². The first kappa shape index (κ1) is 19.8. The first-order chi connectivity index (χ1) is 14.6. The molecule has 4 rings (SSSR count). The highest BCUT2D eigenvalue weighted by molar-refractivity contribution is 8.00. The van der Waals surface area contributed by atoms with Crippen molar-refractivity contribution in [3.05, 3.63) is 95.6 Å². The van der Waals surface area contributed by atoms with E-state index < -0.39 is 5.25 Å². The molecule has 3 aromatic carbocycles. The van der Waals surface area contributed by atoms with Crippen molar-refractivity contribution in [3.8, 4) is 5.69 Å². The Kier molecular flexibility index (Phi) is 5.90. The fourth-order valence-corrected chi connectivity index (χ4v) is 4.05. The summed E-state index contributed by atoms with van der Waals surface area (Å²) in [5.74, 6) is -0.123. The van der Waals surface area contributed by atoms with Gasteiger partial charge in [-0.15, -0.1) is 5.10 Å². The standard InChI is InChI=1S/C23H21N5OS/c1-16-13-14-17(2)20(15-16)24-22(29)21(18-9-5-3-6-10-18)30-23-25-26-27-28(23)19-11-7-4-8-12-19/h3-15,21H,1-2H3,(H,24,29)/t21-/m0/s1. The molecule has 0 aliphatic rings. The number of para-hydroxylation sites is 1. The summed E-state index contributed by atoms with van der Waals surface area (Å²) in [5, 5.41) is 15.2. The monoisotopic (exact) mass is 415 g/mol. The third-order valence-corrected chi connectivity index (χ3v) is 5.84. The minimum absolute atomic E-state index is 0.123. The molecule has 0 unspecified atom stereocenters. The molecule has 150 valence electrons. The third-order valence-electron chi connectivity index (χ3n) is 4.66. The fraction of sp³-hybridized carbons (Fsp3) is 0.130. The lowest BCUT2D eigenvalue weighted by Gasteiger charge is -2.18. The number of rotatable bonds is 6. The molecule has 0 aliphatic heterocycles. The molecule has 0 saturated carbocycles. The molecule has 7 heteroatoms. The summed E-state index contributed by atoms with van der Waals surface area (Å²) in [5.41, 5.74) is 4.64. The van der Waals surface area contributed by atoms with Crippen LogP contribution in [-0.4, -0.2) is 26.1 Å². The van der Waals surface area contributed by atoms with Gasteiger partial charge in [-0.3, -0.25) is 4.79 Å². The predicted octanol–water partition coefficient (Wildman–Crippen LogP) is 4.75. The second-order valence-electron chi connectivity index (χ2n) is 6.93. The second kappa shape index (κ2) is 8.92. The van der Waals surface area contributed by atoms with Crippen molar-refractivity contribution < 1.29 is 4.79 Å². The Morgan fingerprint density at radius 2 is 1.67 bits per heavy atom. The zero-order chi connectivity index (χ0) is 20.9. The molecule has 4 aromatic rings. The van der Waals surface area contributed by atoms with Crippen molar-refractivity contribution in [2.75, 3.05) is 5.32 Å². The van der Waals surface area contributed by atoms with E-state index in [1.165, 1.54) is 11.8 Å². The highest BCUT2D eigenvalue weighted by Crippen LogP contribution is 2.36. The Morgan fingerprint density at radius 3 is 2.40 bits per heavy atom. The number of benzene rings is 3. The summed E-state index contributed by atoms with van der Waals surface area (Å²) >= 11 is 1.32. The van der Waals surface area contributed by atoms with E-state index in [4.69, 9.17) is 0 Å². The molecule has 0 aliphatic carbocycles. The van der Waals surface area contributed by atoms with Gasteiger partial charge in [0.15, 0.2) is 0 Å². The van der Waals surface area contributed by atoms with Crippen molar-refractivity contribution in [2.45, 2.75) is 24.3 Å². The van der Waals surface area contributed by atoms with Crippen LogP contribution in [0, 0.1) is 13.8 Å². The van der Waals surface area contributed by atoms with Crippen LogP contribution in [0.5, 0.6) is 0 Å². The van der Waals surface area contributed by atoms with Gasteiger partial charge in [0.2, 0.25) is 11.1 Å². The quantitative estimate of drug-likeness (QED) is 0.460.